The van der Waals surface area contributed by atoms with Crippen molar-refractivity contribution in [3.05, 3.63) is 57.5 Å². The lowest BCUT2D eigenvalue weighted by atomic mass is 10.1. The van der Waals surface area contributed by atoms with E-state index in [-0.39, 0.29) is 4.88 Å². The lowest BCUT2D eigenvalue weighted by Gasteiger charge is -2.07. The van der Waals surface area contributed by atoms with Crippen LogP contribution in [0.25, 0.3) is 20.7 Å². The van der Waals surface area contributed by atoms with Gasteiger partial charge in [0.15, 0.2) is 4.88 Å². The van der Waals surface area contributed by atoms with Crippen LogP contribution in [0.4, 0.5) is 5.82 Å². The summed E-state index contributed by atoms with van der Waals surface area (Å²) in [6.45, 7) is 7.31. The second kappa shape index (κ2) is 9.03. The fourth-order valence-electron chi connectivity index (χ4n) is 3.56. The highest BCUT2D eigenvalue weighted by Crippen LogP contribution is 2.36. The van der Waals surface area contributed by atoms with Crippen molar-refractivity contribution in [1.29, 1.82) is 0 Å². The van der Waals surface area contributed by atoms with E-state index in [9.17, 15) is 9.90 Å². The summed E-state index contributed by atoms with van der Waals surface area (Å²) in [6.07, 6.45) is 2.39. The number of carboxylic acid groups (broad SMARTS) is 1. The SMILES string of the molecule is CCOc1cc(-c2cc(NCCc3c(C)sc4c(C)cccc34)ncn2)sc1C(=O)O. The number of aryl methyl sites for hydroxylation is 2. The maximum absolute atomic E-state index is 11.5. The van der Waals surface area contributed by atoms with E-state index in [0.717, 1.165) is 29.2 Å². The molecule has 4 aromatic rings. The molecule has 3 aromatic heterocycles. The smallest absolute Gasteiger partial charge is 0.349 e. The van der Waals surface area contributed by atoms with Crippen molar-refractivity contribution in [3.8, 4) is 16.3 Å². The minimum absolute atomic E-state index is 0.181. The largest absolute Gasteiger partial charge is 0.492 e. The molecule has 0 bridgehead atoms. The Hall–Kier alpha value is -2.97. The standard InChI is InChI=1S/C23H23N3O3S2/c1-4-29-18-11-19(31-22(18)23(27)28)17-10-20(26-12-25-17)24-9-8-15-14(3)30-21-13(2)6-5-7-16(15)21/h5-7,10-12H,4,8-9H2,1-3H3,(H,27,28)(H,24,25,26). The quantitative estimate of drug-likeness (QED) is 0.351. The van der Waals surface area contributed by atoms with Crippen molar-refractivity contribution in [1.82, 2.24) is 9.97 Å². The van der Waals surface area contributed by atoms with Gasteiger partial charge in [-0.25, -0.2) is 14.8 Å². The normalized spacial score (nSPS) is 11.1. The van der Waals surface area contributed by atoms with E-state index >= 15 is 0 Å². The van der Waals surface area contributed by atoms with Crippen LogP contribution in [-0.4, -0.2) is 34.2 Å². The average molecular weight is 454 g/mol. The van der Waals surface area contributed by atoms with Gasteiger partial charge < -0.3 is 15.2 Å². The Bertz CT molecular complexity index is 1250. The molecule has 8 heteroatoms. The molecule has 160 valence electrons. The van der Waals surface area contributed by atoms with Crippen molar-refractivity contribution in [2.45, 2.75) is 27.2 Å². The summed E-state index contributed by atoms with van der Waals surface area (Å²) in [5, 5.41) is 14.1. The van der Waals surface area contributed by atoms with Gasteiger partial charge in [-0.1, -0.05) is 18.2 Å². The Kier molecular flexibility index (Phi) is 6.20. The second-order valence-electron chi connectivity index (χ2n) is 7.10. The lowest BCUT2D eigenvalue weighted by Crippen LogP contribution is -2.07. The monoisotopic (exact) mass is 453 g/mol. The molecule has 0 fully saturated rings. The topological polar surface area (TPSA) is 84.3 Å². The minimum Gasteiger partial charge on any atom is -0.492 e. The number of fused-ring (bicyclic) bond motifs is 1. The van der Waals surface area contributed by atoms with E-state index in [4.69, 9.17) is 4.74 Å². The van der Waals surface area contributed by atoms with E-state index in [1.54, 1.807) is 6.07 Å². The van der Waals surface area contributed by atoms with Crippen molar-refractivity contribution >= 4 is 44.5 Å². The fraction of sp³-hybridized carbons (Fsp3) is 0.261. The second-order valence-corrected chi connectivity index (χ2v) is 9.37. The number of benzene rings is 1. The molecule has 0 aliphatic carbocycles. The predicted octanol–water partition coefficient (Wildman–Crippen LogP) is 5.79. The summed E-state index contributed by atoms with van der Waals surface area (Å²) < 4.78 is 6.82. The number of nitrogens with one attached hydrogen (secondary N) is 1. The van der Waals surface area contributed by atoms with Gasteiger partial charge in [0.2, 0.25) is 0 Å². The van der Waals surface area contributed by atoms with E-state index in [1.807, 2.05) is 24.3 Å². The van der Waals surface area contributed by atoms with Gasteiger partial charge in [-0.2, -0.15) is 0 Å². The lowest BCUT2D eigenvalue weighted by molar-refractivity contribution is 0.0698. The number of thiophene rings is 2. The number of hydrogen-bond donors (Lipinski definition) is 2. The molecule has 3 heterocycles. The Morgan fingerprint density at radius 2 is 2.03 bits per heavy atom. The van der Waals surface area contributed by atoms with Crippen LogP contribution in [0.15, 0.2) is 36.7 Å². The van der Waals surface area contributed by atoms with E-state index < -0.39 is 5.97 Å². The van der Waals surface area contributed by atoms with Crippen LogP contribution in [0.5, 0.6) is 5.75 Å². The molecule has 2 N–H and O–H groups in total. The van der Waals surface area contributed by atoms with Crippen LogP contribution in [0.3, 0.4) is 0 Å². The maximum atomic E-state index is 11.5. The number of ether oxygens (including phenoxy) is 1. The van der Waals surface area contributed by atoms with Gasteiger partial charge in [-0.05, 0) is 43.7 Å². The van der Waals surface area contributed by atoms with E-state index in [0.29, 0.717) is 23.9 Å². The first-order valence-electron chi connectivity index (χ1n) is 10.0. The molecule has 6 nitrogen and oxygen atoms in total. The Morgan fingerprint density at radius 3 is 2.81 bits per heavy atom. The summed E-state index contributed by atoms with van der Waals surface area (Å²) >= 11 is 3.00. The number of nitrogens with zero attached hydrogens (tertiary/aromatic N) is 2. The first-order chi connectivity index (χ1) is 15.0. The average Bonchev–Trinajstić information content (AvgIpc) is 3.31. The van der Waals surface area contributed by atoms with Crippen molar-refractivity contribution in [2.24, 2.45) is 0 Å². The highest BCUT2D eigenvalue weighted by molar-refractivity contribution is 7.19. The molecule has 0 unspecified atom stereocenters. The number of carbonyl (C=O) groups is 1. The molecule has 0 aliphatic heterocycles. The molecule has 0 saturated heterocycles. The van der Waals surface area contributed by atoms with Gasteiger partial charge in [-0.15, -0.1) is 22.7 Å². The molecule has 31 heavy (non-hydrogen) atoms. The number of anilines is 1. The minimum atomic E-state index is -0.999. The van der Waals surface area contributed by atoms with Crippen molar-refractivity contribution in [3.63, 3.8) is 0 Å². The van der Waals surface area contributed by atoms with Crippen molar-refractivity contribution < 1.29 is 14.6 Å². The third-order valence-corrected chi connectivity index (χ3v) is 7.44. The zero-order chi connectivity index (χ0) is 22.0. The van der Waals surface area contributed by atoms with E-state index in [2.05, 4.69) is 47.3 Å². The van der Waals surface area contributed by atoms with Gasteiger partial charge in [0.05, 0.1) is 17.2 Å². The summed E-state index contributed by atoms with van der Waals surface area (Å²) in [6, 6.07) is 10.0. The molecule has 4 rings (SSSR count). The highest BCUT2D eigenvalue weighted by Gasteiger charge is 2.18. The molecule has 0 spiro atoms. The van der Waals surface area contributed by atoms with Crippen LogP contribution >= 0.6 is 22.7 Å². The number of aromatic nitrogens is 2. The first kappa shape index (κ1) is 21.3. The number of rotatable bonds is 8. The van der Waals surface area contributed by atoms with Gasteiger partial charge >= 0.3 is 5.97 Å². The Labute approximate surface area is 188 Å². The van der Waals surface area contributed by atoms with Gasteiger partial charge in [-0.3, -0.25) is 0 Å². The summed E-state index contributed by atoms with van der Waals surface area (Å²) in [5.41, 5.74) is 3.35. The zero-order valence-corrected chi connectivity index (χ0v) is 19.2. The van der Waals surface area contributed by atoms with Crippen LogP contribution in [0.2, 0.25) is 0 Å². The van der Waals surface area contributed by atoms with Crippen LogP contribution in [-0.2, 0) is 6.42 Å². The molecule has 0 amide bonds. The van der Waals surface area contributed by atoms with Crippen LogP contribution in [0.1, 0.15) is 32.6 Å². The molecule has 0 atom stereocenters. The molecular weight excluding hydrogens is 430 g/mol. The molecule has 0 saturated carbocycles. The fourth-order valence-corrected chi connectivity index (χ4v) is 5.64. The summed E-state index contributed by atoms with van der Waals surface area (Å²) in [5.74, 6) is 0.0838. The van der Waals surface area contributed by atoms with Gasteiger partial charge in [0.25, 0.3) is 0 Å². The number of carboxylic acids is 1. The van der Waals surface area contributed by atoms with Gasteiger partial charge in [0, 0.05) is 28.3 Å². The summed E-state index contributed by atoms with van der Waals surface area (Å²) in [4.78, 5) is 22.4. The predicted molar refractivity (Wildman–Crippen MR) is 127 cm³/mol. The molecule has 0 aliphatic rings. The van der Waals surface area contributed by atoms with E-state index in [1.165, 1.54) is 32.4 Å². The van der Waals surface area contributed by atoms with Crippen LogP contribution < -0.4 is 10.1 Å². The Balaban J connectivity index is 1.50. The molecular formula is C23H23N3O3S2. The van der Waals surface area contributed by atoms with Crippen molar-refractivity contribution in [2.75, 3.05) is 18.5 Å². The molecule has 1 aromatic carbocycles. The first-order valence-corrected chi connectivity index (χ1v) is 11.6. The summed E-state index contributed by atoms with van der Waals surface area (Å²) in [7, 11) is 0. The molecule has 0 radical (unpaired) electrons. The maximum Gasteiger partial charge on any atom is 0.349 e. The zero-order valence-electron chi connectivity index (χ0n) is 17.6. The number of aromatic carboxylic acids is 1. The van der Waals surface area contributed by atoms with Gasteiger partial charge in [0.1, 0.15) is 17.9 Å². The van der Waals surface area contributed by atoms with Crippen LogP contribution in [0, 0.1) is 13.8 Å². The number of hydrogen-bond acceptors (Lipinski definition) is 7. The highest BCUT2D eigenvalue weighted by atomic mass is 32.1. The third kappa shape index (κ3) is 4.40. The Morgan fingerprint density at radius 1 is 1.19 bits per heavy atom. The third-order valence-electron chi connectivity index (χ3n) is 5.01.